The number of halogens is 1. The van der Waals surface area contributed by atoms with Gasteiger partial charge in [0.25, 0.3) is 5.91 Å². The number of rotatable bonds is 6. The van der Waals surface area contributed by atoms with Crippen molar-refractivity contribution in [1.82, 2.24) is 20.0 Å². The van der Waals surface area contributed by atoms with Gasteiger partial charge in [-0.2, -0.15) is 5.10 Å². The number of aromatic nitrogens is 2. The molecule has 1 aromatic carbocycles. The Morgan fingerprint density at radius 1 is 1.23 bits per heavy atom. The van der Waals surface area contributed by atoms with Crippen LogP contribution in [0.1, 0.15) is 46.6 Å². The summed E-state index contributed by atoms with van der Waals surface area (Å²) in [5.41, 5.74) is 2.01. The summed E-state index contributed by atoms with van der Waals surface area (Å²) in [6.07, 6.45) is 3.73. The van der Waals surface area contributed by atoms with E-state index in [1.54, 1.807) is 0 Å². The van der Waals surface area contributed by atoms with Crippen LogP contribution in [-0.4, -0.2) is 46.1 Å². The van der Waals surface area contributed by atoms with Gasteiger partial charge in [0, 0.05) is 36.5 Å². The molecule has 0 atom stereocenters. The molecule has 30 heavy (non-hydrogen) atoms. The molecule has 4 rings (SSSR count). The normalized spacial score (nSPS) is 14.9. The third-order valence-corrected chi connectivity index (χ3v) is 6.81. The zero-order valence-corrected chi connectivity index (χ0v) is 18.6. The lowest BCUT2D eigenvalue weighted by molar-refractivity contribution is -0.130. The first-order valence-electron chi connectivity index (χ1n) is 10.3. The molecule has 1 saturated heterocycles. The van der Waals surface area contributed by atoms with Crippen LogP contribution in [-0.2, 0) is 11.3 Å². The number of fused-ring (bicyclic) bond motifs is 1. The molecule has 0 radical (unpaired) electrons. The monoisotopic (exact) mass is 444 g/mol. The van der Waals surface area contributed by atoms with Crippen molar-refractivity contribution in [2.24, 2.45) is 0 Å². The molecule has 3 heterocycles. The minimum absolute atomic E-state index is 0.101. The number of nitrogens with one attached hydrogen (secondary N) is 1. The smallest absolute Gasteiger partial charge is 0.261 e. The average molecular weight is 445 g/mol. The summed E-state index contributed by atoms with van der Waals surface area (Å²) in [5, 5.41) is 9.30. The summed E-state index contributed by atoms with van der Waals surface area (Å²) in [6, 6.07) is 9.61. The number of amides is 2. The lowest BCUT2D eigenvalue weighted by Crippen LogP contribution is -2.38. The van der Waals surface area contributed by atoms with E-state index in [9.17, 15) is 9.59 Å². The van der Waals surface area contributed by atoms with Crippen molar-refractivity contribution in [2.75, 3.05) is 19.6 Å². The fraction of sp³-hybridized carbons (Fsp3) is 0.409. The molecule has 2 aromatic heterocycles. The van der Waals surface area contributed by atoms with E-state index < -0.39 is 0 Å². The number of hydrogen-bond donors (Lipinski definition) is 1. The molecule has 8 heteroatoms. The fourth-order valence-electron chi connectivity index (χ4n) is 3.76. The molecular formula is C22H25ClN4O2S. The molecular weight excluding hydrogens is 420 g/mol. The minimum Gasteiger partial charge on any atom is -0.350 e. The van der Waals surface area contributed by atoms with Gasteiger partial charge in [0.15, 0.2) is 0 Å². The quantitative estimate of drug-likeness (QED) is 0.618. The molecule has 0 bridgehead atoms. The first-order chi connectivity index (χ1) is 14.5. The van der Waals surface area contributed by atoms with Crippen LogP contribution in [0.4, 0.5) is 0 Å². The first-order valence-corrected chi connectivity index (χ1v) is 11.5. The highest BCUT2D eigenvalue weighted by Gasteiger charge is 2.18. The van der Waals surface area contributed by atoms with Gasteiger partial charge in [-0.1, -0.05) is 30.2 Å². The summed E-state index contributed by atoms with van der Waals surface area (Å²) in [4.78, 5) is 28.3. The Kier molecular flexibility index (Phi) is 6.39. The van der Waals surface area contributed by atoms with Crippen molar-refractivity contribution in [3.63, 3.8) is 0 Å². The zero-order valence-electron chi connectivity index (χ0n) is 17.0. The highest BCUT2D eigenvalue weighted by atomic mass is 35.5. The predicted molar refractivity (Wildman–Crippen MR) is 120 cm³/mol. The number of nitrogens with zero attached hydrogens (tertiary/aromatic N) is 3. The van der Waals surface area contributed by atoms with Gasteiger partial charge in [0.2, 0.25) is 5.91 Å². The van der Waals surface area contributed by atoms with Gasteiger partial charge in [-0.3, -0.25) is 14.3 Å². The molecule has 0 saturated carbocycles. The Morgan fingerprint density at radius 2 is 2.03 bits per heavy atom. The van der Waals surface area contributed by atoms with Crippen LogP contribution in [0.2, 0.25) is 5.02 Å². The van der Waals surface area contributed by atoms with Crippen LogP contribution in [0.25, 0.3) is 10.2 Å². The summed E-state index contributed by atoms with van der Waals surface area (Å²) < 4.78 is 1.94. The van der Waals surface area contributed by atoms with E-state index in [2.05, 4.69) is 10.4 Å². The van der Waals surface area contributed by atoms with Crippen molar-refractivity contribution >= 4 is 45.0 Å². The predicted octanol–water partition coefficient (Wildman–Crippen LogP) is 4.24. The molecule has 158 valence electrons. The van der Waals surface area contributed by atoms with Gasteiger partial charge in [0.1, 0.15) is 4.83 Å². The van der Waals surface area contributed by atoms with Crippen LogP contribution in [0.5, 0.6) is 0 Å². The highest BCUT2D eigenvalue weighted by molar-refractivity contribution is 7.20. The Balaban J connectivity index is 1.42. The van der Waals surface area contributed by atoms with Crippen molar-refractivity contribution in [3.05, 3.63) is 51.5 Å². The summed E-state index contributed by atoms with van der Waals surface area (Å²) in [7, 11) is 0. The second-order valence-electron chi connectivity index (χ2n) is 7.65. The number of likely N-dealkylation sites (tertiary alicyclic amines) is 1. The first kappa shape index (κ1) is 20.9. The van der Waals surface area contributed by atoms with E-state index in [0.29, 0.717) is 36.0 Å². The number of aryl methyl sites for hydroxylation is 1. The van der Waals surface area contributed by atoms with Crippen molar-refractivity contribution in [2.45, 2.75) is 39.2 Å². The average Bonchev–Trinajstić information content (AvgIpc) is 3.22. The van der Waals surface area contributed by atoms with E-state index in [1.165, 1.54) is 11.3 Å². The van der Waals surface area contributed by atoms with Gasteiger partial charge in [-0.05, 0) is 43.5 Å². The van der Waals surface area contributed by atoms with Gasteiger partial charge in [-0.25, -0.2) is 0 Å². The fourth-order valence-corrected chi connectivity index (χ4v) is 4.96. The topological polar surface area (TPSA) is 67.2 Å². The Labute approximate surface area is 184 Å². The lowest BCUT2D eigenvalue weighted by atomic mass is 10.2. The lowest BCUT2D eigenvalue weighted by Gasteiger charge is -2.20. The van der Waals surface area contributed by atoms with Crippen molar-refractivity contribution < 1.29 is 9.59 Å². The molecule has 1 aliphatic rings. The maximum Gasteiger partial charge on any atom is 0.261 e. The van der Waals surface area contributed by atoms with Gasteiger partial charge in [0.05, 0.1) is 17.1 Å². The van der Waals surface area contributed by atoms with Crippen LogP contribution >= 0.6 is 22.9 Å². The largest absolute Gasteiger partial charge is 0.350 e. The molecule has 1 fully saturated rings. The Bertz CT molecular complexity index is 1060. The molecule has 1 aliphatic heterocycles. The maximum absolute atomic E-state index is 12.7. The summed E-state index contributed by atoms with van der Waals surface area (Å²) in [5.74, 6) is 0.0949. The number of carbonyl (C=O) groups is 2. The second-order valence-corrected chi connectivity index (χ2v) is 9.11. The van der Waals surface area contributed by atoms with E-state index in [-0.39, 0.29) is 11.8 Å². The molecule has 3 aromatic rings. The third-order valence-electron chi connectivity index (χ3n) is 5.42. The number of carbonyl (C=O) groups excluding carboxylic acids is 2. The Morgan fingerprint density at radius 3 is 2.83 bits per heavy atom. The summed E-state index contributed by atoms with van der Waals surface area (Å²) in [6.45, 7) is 4.41. The second kappa shape index (κ2) is 9.18. The minimum atomic E-state index is -0.101. The molecule has 0 aliphatic carbocycles. The number of hydrogen-bond acceptors (Lipinski definition) is 4. The Hall–Kier alpha value is -2.38. The van der Waals surface area contributed by atoms with Crippen LogP contribution in [0.3, 0.4) is 0 Å². The van der Waals surface area contributed by atoms with Crippen molar-refractivity contribution in [3.8, 4) is 0 Å². The molecule has 0 unspecified atom stereocenters. The van der Waals surface area contributed by atoms with Crippen LogP contribution < -0.4 is 5.32 Å². The van der Waals surface area contributed by atoms with E-state index in [1.807, 2.05) is 46.8 Å². The highest BCUT2D eigenvalue weighted by Crippen LogP contribution is 2.29. The third kappa shape index (κ3) is 4.68. The number of thiophene rings is 1. The molecule has 0 spiro atoms. The standard InChI is InChI=1S/C22H25ClN4O2S/c1-15-18-13-19(21(29)24-10-12-26-11-4-2-3-5-20(26)28)30-22(18)27(25-15)14-16-6-8-17(23)9-7-16/h6-9,13H,2-5,10-12,14H2,1H3,(H,24,29). The van der Waals surface area contributed by atoms with Gasteiger partial charge < -0.3 is 10.2 Å². The SMILES string of the molecule is Cc1nn(Cc2ccc(Cl)cc2)c2sc(C(=O)NCCN3CCCCCC3=O)cc12. The van der Waals surface area contributed by atoms with Gasteiger partial charge >= 0.3 is 0 Å². The van der Waals surface area contributed by atoms with Crippen LogP contribution in [0.15, 0.2) is 30.3 Å². The number of benzene rings is 1. The molecule has 2 amide bonds. The van der Waals surface area contributed by atoms with Crippen LogP contribution in [0, 0.1) is 6.92 Å². The summed E-state index contributed by atoms with van der Waals surface area (Å²) >= 11 is 7.42. The van der Waals surface area contributed by atoms with E-state index in [4.69, 9.17) is 11.6 Å². The van der Waals surface area contributed by atoms with Crippen molar-refractivity contribution in [1.29, 1.82) is 0 Å². The van der Waals surface area contributed by atoms with Gasteiger partial charge in [-0.15, -0.1) is 11.3 Å². The maximum atomic E-state index is 12.7. The van der Waals surface area contributed by atoms with E-state index in [0.717, 1.165) is 47.3 Å². The molecule has 1 N–H and O–H groups in total. The molecule has 6 nitrogen and oxygen atoms in total. The van der Waals surface area contributed by atoms with E-state index >= 15 is 0 Å². The zero-order chi connectivity index (χ0) is 21.1.